The Bertz CT molecular complexity index is 768. The van der Waals surface area contributed by atoms with Crippen molar-refractivity contribution >= 4 is 23.0 Å². The van der Waals surface area contributed by atoms with E-state index in [1.807, 2.05) is 13.8 Å². The van der Waals surface area contributed by atoms with E-state index in [1.165, 1.54) is 6.33 Å². The SMILES string of the molecule is CCC(C)Nc1ncnc(Nc2ccc3c(c2)OCO3)c1[N+](=O)[O-]. The minimum atomic E-state index is -0.500. The van der Waals surface area contributed by atoms with Crippen molar-refractivity contribution in [3.8, 4) is 11.5 Å². The summed E-state index contributed by atoms with van der Waals surface area (Å²) in [7, 11) is 0. The fourth-order valence-electron chi connectivity index (χ4n) is 2.20. The summed E-state index contributed by atoms with van der Waals surface area (Å²) in [5, 5.41) is 17.5. The molecule has 1 atom stereocenters. The third-order valence-corrected chi connectivity index (χ3v) is 3.64. The molecular weight excluding hydrogens is 314 g/mol. The number of nitro groups is 1. The van der Waals surface area contributed by atoms with Crippen LogP contribution < -0.4 is 20.1 Å². The van der Waals surface area contributed by atoms with Crippen LogP contribution in [0.25, 0.3) is 0 Å². The fourth-order valence-corrected chi connectivity index (χ4v) is 2.20. The first-order chi connectivity index (χ1) is 11.6. The number of fused-ring (bicyclic) bond motifs is 1. The Morgan fingerprint density at radius 3 is 2.79 bits per heavy atom. The van der Waals surface area contributed by atoms with Crippen molar-refractivity contribution < 1.29 is 14.4 Å². The molecule has 0 amide bonds. The second-order valence-corrected chi connectivity index (χ2v) is 5.32. The maximum absolute atomic E-state index is 11.5. The number of hydrogen-bond acceptors (Lipinski definition) is 8. The third kappa shape index (κ3) is 3.14. The van der Waals surface area contributed by atoms with Crippen LogP contribution in [0.15, 0.2) is 24.5 Å². The van der Waals surface area contributed by atoms with Gasteiger partial charge < -0.3 is 20.1 Å². The molecule has 0 radical (unpaired) electrons. The van der Waals surface area contributed by atoms with E-state index in [0.29, 0.717) is 17.2 Å². The van der Waals surface area contributed by atoms with Crippen molar-refractivity contribution in [3.05, 3.63) is 34.6 Å². The summed E-state index contributed by atoms with van der Waals surface area (Å²) in [5.74, 6) is 1.51. The van der Waals surface area contributed by atoms with Gasteiger partial charge in [-0.3, -0.25) is 10.1 Å². The van der Waals surface area contributed by atoms with E-state index in [9.17, 15) is 10.1 Å². The summed E-state index contributed by atoms with van der Waals surface area (Å²) >= 11 is 0. The van der Waals surface area contributed by atoms with E-state index >= 15 is 0 Å². The lowest BCUT2D eigenvalue weighted by Crippen LogP contribution is -2.16. The first kappa shape index (κ1) is 15.8. The molecule has 0 saturated carbocycles. The van der Waals surface area contributed by atoms with Gasteiger partial charge in [0.05, 0.1) is 4.92 Å². The van der Waals surface area contributed by atoms with Crippen LogP contribution in [0.2, 0.25) is 0 Å². The predicted molar refractivity (Wildman–Crippen MR) is 87.9 cm³/mol. The molecule has 9 nitrogen and oxygen atoms in total. The normalized spacial score (nSPS) is 13.4. The van der Waals surface area contributed by atoms with Gasteiger partial charge in [0, 0.05) is 17.8 Å². The highest BCUT2D eigenvalue weighted by molar-refractivity contribution is 5.74. The Balaban J connectivity index is 1.92. The smallest absolute Gasteiger partial charge is 0.353 e. The van der Waals surface area contributed by atoms with Crippen molar-refractivity contribution in [2.24, 2.45) is 0 Å². The highest BCUT2D eigenvalue weighted by Crippen LogP contribution is 2.37. The van der Waals surface area contributed by atoms with E-state index in [4.69, 9.17) is 9.47 Å². The molecule has 1 aliphatic heterocycles. The lowest BCUT2D eigenvalue weighted by molar-refractivity contribution is -0.383. The van der Waals surface area contributed by atoms with Gasteiger partial charge in [-0.25, -0.2) is 9.97 Å². The largest absolute Gasteiger partial charge is 0.454 e. The third-order valence-electron chi connectivity index (χ3n) is 3.64. The second-order valence-electron chi connectivity index (χ2n) is 5.32. The van der Waals surface area contributed by atoms with Crippen molar-refractivity contribution in [2.75, 3.05) is 17.4 Å². The molecule has 0 spiro atoms. The molecule has 1 aromatic heterocycles. The molecule has 0 fully saturated rings. The second kappa shape index (κ2) is 6.57. The molecule has 0 saturated heterocycles. The topological polar surface area (TPSA) is 111 Å². The molecule has 9 heteroatoms. The number of anilines is 3. The van der Waals surface area contributed by atoms with Crippen LogP contribution in [0.1, 0.15) is 20.3 Å². The Hall–Kier alpha value is -3.10. The van der Waals surface area contributed by atoms with Gasteiger partial charge in [0.1, 0.15) is 6.33 Å². The van der Waals surface area contributed by atoms with Crippen molar-refractivity contribution in [2.45, 2.75) is 26.3 Å². The van der Waals surface area contributed by atoms with E-state index in [1.54, 1.807) is 18.2 Å². The molecule has 1 aromatic carbocycles. The maximum Gasteiger partial charge on any atom is 0.353 e. The van der Waals surface area contributed by atoms with Crippen LogP contribution >= 0.6 is 0 Å². The Morgan fingerprint density at radius 1 is 1.29 bits per heavy atom. The number of ether oxygens (including phenoxy) is 2. The highest BCUT2D eigenvalue weighted by Gasteiger charge is 2.24. The van der Waals surface area contributed by atoms with Gasteiger partial charge >= 0.3 is 5.69 Å². The summed E-state index contributed by atoms with van der Waals surface area (Å²) < 4.78 is 10.6. The number of aromatic nitrogens is 2. The van der Waals surface area contributed by atoms with Crippen molar-refractivity contribution in [1.29, 1.82) is 0 Å². The number of rotatable bonds is 6. The molecular formula is C15H17N5O4. The highest BCUT2D eigenvalue weighted by atomic mass is 16.7. The summed E-state index contributed by atoms with van der Waals surface area (Å²) in [6, 6.07) is 5.23. The van der Waals surface area contributed by atoms with Gasteiger partial charge in [-0.2, -0.15) is 0 Å². The summed E-state index contributed by atoms with van der Waals surface area (Å²) in [6.07, 6.45) is 2.10. The van der Waals surface area contributed by atoms with E-state index < -0.39 is 4.92 Å². The minimum Gasteiger partial charge on any atom is -0.454 e. The number of nitrogens with one attached hydrogen (secondary N) is 2. The fraction of sp³-hybridized carbons (Fsp3) is 0.333. The molecule has 2 N–H and O–H groups in total. The first-order valence-electron chi connectivity index (χ1n) is 7.51. The first-order valence-corrected chi connectivity index (χ1v) is 7.51. The van der Waals surface area contributed by atoms with Gasteiger partial charge in [-0.1, -0.05) is 6.92 Å². The van der Waals surface area contributed by atoms with Crippen molar-refractivity contribution in [3.63, 3.8) is 0 Å². The van der Waals surface area contributed by atoms with Crippen LogP contribution in [-0.4, -0.2) is 27.7 Å². The average Bonchev–Trinajstić information content (AvgIpc) is 3.02. The molecule has 1 unspecified atom stereocenters. The van der Waals surface area contributed by atoms with Gasteiger partial charge in [0.15, 0.2) is 11.5 Å². The van der Waals surface area contributed by atoms with E-state index in [0.717, 1.165) is 6.42 Å². The standard InChI is InChI=1S/C15H17N5O4/c1-3-9(2)18-14-13(20(21)22)15(17-7-16-14)19-10-4-5-11-12(6-10)24-8-23-11/h4-7,9H,3,8H2,1-2H3,(H2,16,17,18,19). The molecule has 2 heterocycles. The molecule has 1 aliphatic rings. The minimum absolute atomic E-state index is 0.0528. The summed E-state index contributed by atoms with van der Waals surface area (Å²) in [6.45, 7) is 4.07. The average molecular weight is 331 g/mol. The monoisotopic (exact) mass is 331 g/mol. The molecule has 2 aromatic rings. The quantitative estimate of drug-likeness (QED) is 0.613. The van der Waals surface area contributed by atoms with Crippen LogP contribution in [0.5, 0.6) is 11.5 Å². The van der Waals surface area contributed by atoms with Crippen molar-refractivity contribution in [1.82, 2.24) is 9.97 Å². The zero-order chi connectivity index (χ0) is 17.1. The number of nitrogens with zero attached hydrogens (tertiary/aromatic N) is 3. The van der Waals surface area contributed by atoms with Gasteiger partial charge in [0.25, 0.3) is 0 Å². The Morgan fingerprint density at radius 2 is 2.04 bits per heavy atom. The van der Waals surface area contributed by atoms with Crippen LogP contribution in [0.4, 0.5) is 23.0 Å². The van der Waals surface area contributed by atoms with Gasteiger partial charge in [-0.15, -0.1) is 0 Å². The van der Waals surface area contributed by atoms with Crippen LogP contribution in [-0.2, 0) is 0 Å². The Kier molecular flexibility index (Phi) is 4.32. The molecule has 24 heavy (non-hydrogen) atoms. The van der Waals surface area contributed by atoms with Gasteiger partial charge in [0.2, 0.25) is 18.4 Å². The number of benzene rings is 1. The van der Waals surface area contributed by atoms with E-state index in [-0.39, 0.29) is 30.2 Å². The Labute approximate surface area is 138 Å². The van der Waals surface area contributed by atoms with E-state index in [2.05, 4.69) is 20.6 Å². The molecule has 3 rings (SSSR count). The molecule has 126 valence electrons. The maximum atomic E-state index is 11.5. The number of hydrogen-bond donors (Lipinski definition) is 2. The molecule has 0 bridgehead atoms. The lowest BCUT2D eigenvalue weighted by Gasteiger charge is -2.13. The van der Waals surface area contributed by atoms with Crippen LogP contribution in [0.3, 0.4) is 0 Å². The zero-order valence-corrected chi connectivity index (χ0v) is 13.3. The van der Waals surface area contributed by atoms with Gasteiger partial charge in [-0.05, 0) is 25.5 Å². The summed E-state index contributed by atoms with van der Waals surface area (Å²) in [5.41, 5.74) is 0.408. The zero-order valence-electron chi connectivity index (χ0n) is 13.3. The van der Waals surface area contributed by atoms with Crippen LogP contribution in [0, 0.1) is 10.1 Å². The summed E-state index contributed by atoms with van der Waals surface area (Å²) in [4.78, 5) is 19.0. The molecule has 0 aliphatic carbocycles. The predicted octanol–water partition coefficient (Wildman–Crippen LogP) is 3.07. The lowest BCUT2D eigenvalue weighted by atomic mass is 10.2.